The zero-order valence-corrected chi connectivity index (χ0v) is 19.9. The minimum Gasteiger partial charge on any atom is -1.00 e. The SMILES string of the molecule is C.C.C.COC(=O)/C=C/c1ccccc1C(=O)OC.COC(=O)C1Cc2ccccc2C1=O.[H-].[Na+]. The van der Waals surface area contributed by atoms with E-state index in [-0.39, 0.29) is 59.0 Å². The van der Waals surface area contributed by atoms with Crippen LogP contribution in [0.25, 0.3) is 6.08 Å². The Labute approximate surface area is 226 Å². The molecule has 0 bridgehead atoms. The van der Waals surface area contributed by atoms with E-state index >= 15 is 0 Å². The second kappa shape index (κ2) is 17.7. The van der Waals surface area contributed by atoms with Crippen LogP contribution in [0.5, 0.6) is 0 Å². The summed E-state index contributed by atoms with van der Waals surface area (Å²) in [5.74, 6) is -2.10. The van der Waals surface area contributed by atoms with Crippen LogP contribution in [0.2, 0.25) is 0 Å². The van der Waals surface area contributed by atoms with Gasteiger partial charge in [-0.2, -0.15) is 0 Å². The summed E-state index contributed by atoms with van der Waals surface area (Å²) < 4.78 is 13.7. The Bertz CT molecular complexity index is 989. The number of hydrogen-bond acceptors (Lipinski definition) is 7. The van der Waals surface area contributed by atoms with Gasteiger partial charge in [-0.15, -0.1) is 0 Å². The average molecular weight is 483 g/mol. The van der Waals surface area contributed by atoms with Crippen LogP contribution < -0.4 is 29.6 Å². The van der Waals surface area contributed by atoms with E-state index in [9.17, 15) is 19.2 Å². The van der Waals surface area contributed by atoms with Gasteiger partial charge in [0, 0.05) is 11.6 Å². The number of benzene rings is 2. The Morgan fingerprint density at radius 1 is 0.882 bits per heavy atom. The summed E-state index contributed by atoms with van der Waals surface area (Å²) in [4.78, 5) is 45.2. The van der Waals surface area contributed by atoms with Crippen LogP contribution in [0, 0.1) is 5.92 Å². The van der Waals surface area contributed by atoms with E-state index in [4.69, 9.17) is 0 Å². The molecule has 0 aromatic heterocycles. The molecule has 3 rings (SSSR count). The number of carbonyl (C=O) groups excluding carboxylic acids is 4. The Morgan fingerprint density at radius 2 is 1.47 bits per heavy atom. The number of esters is 3. The summed E-state index contributed by atoms with van der Waals surface area (Å²) in [6.07, 6.45) is 3.24. The van der Waals surface area contributed by atoms with Crippen molar-refractivity contribution in [3.05, 3.63) is 76.9 Å². The second-order valence-corrected chi connectivity index (χ2v) is 6.24. The zero-order chi connectivity index (χ0) is 22.1. The molecule has 1 unspecified atom stereocenters. The third kappa shape index (κ3) is 9.25. The van der Waals surface area contributed by atoms with Crippen LogP contribution in [-0.4, -0.2) is 45.0 Å². The van der Waals surface area contributed by atoms with Crippen molar-refractivity contribution in [2.45, 2.75) is 28.7 Å². The van der Waals surface area contributed by atoms with Crippen molar-refractivity contribution < 1.29 is 64.4 Å². The maximum atomic E-state index is 11.7. The monoisotopic (exact) mass is 482 g/mol. The van der Waals surface area contributed by atoms with Crippen molar-refractivity contribution in [3.8, 4) is 0 Å². The van der Waals surface area contributed by atoms with Gasteiger partial charge >= 0.3 is 47.5 Å². The van der Waals surface area contributed by atoms with Gasteiger partial charge in [-0.25, -0.2) is 9.59 Å². The molecule has 0 heterocycles. The van der Waals surface area contributed by atoms with E-state index in [0.29, 0.717) is 23.1 Å². The first-order chi connectivity index (χ1) is 14.4. The maximum absolute atomic E-state index is 11.7. The average Bonchev–Trinajstić information content (AvgIpc) is 3.13. The molecule has 0 N–H and O–H groups in total. The van der Waals surface area contributed by atoms with Crippen molar-refractivity contribution in [2.75, 3.05) is 21.3 Å². The molecule has 1 atom stereocenters. The van der Waals surface area contributed by atoms with E-state index in [1.54, 1.807) is 36.4 Å². The van der Waals surface area contributed by atoms with Crippen molar-refractivity contribution >= 4 is 29.8 Å². The molecule has 0 amide bonds. The molecule has 0 spiro atoms. The van der Waals surface area contributed by atoms with Gasteiger partial charge in [-0.05, 0) is 29.7 Å². The van der Waals surface area contributed by atoms with Crippen molar-refractivity contribution in [3.63, 3.8) is 0 Å². The van der Waals surface area contributed by atoms with Crippen LogP contribution in [0.4, 0.5) is 0 Å². The number of rotatable bonds is 4. The molecule has 7 nitrogen and oxygen atoms in total. The molecule has 0 radical (unpaired) electrons. The fourth-order valence-corrected chi connectivity index (χ4v) is 2.94. The molecule has 0 fully saturated rings. The molecule has 34 heavy (non-hydrogen) atoms. The van der Waals surface area contributed by atoms with Gasteiger partial charge in [0.05, 0.1) is 26.9 Å². The Kier molecular flexibility index (Phi) is 18.7. The second-order valence-electron chi connectivity index (χ2n) is 6.24. The third-order valence-electron chi connectivity index (χ3n) is 4.48. The van der Waals surface area contributed by atoms with Crippen LogP contribution in [0.3, 0.4) is 0 Å². The number of fused-ring (bicyclic) bond motifs is 1. The van der Waals surface area contributed by atoms with E-state index in [2.05, 4.69) is 14.2 Å². The minimum atomic E-state index is -0.627. The standard InChI is InChI=1S/C12H12O4.C11H10O3.3CH4.Na.H/c1-15-11(13)8-7-9-5-3-4-6-10(9)12(14)16-2;1-14-11(13)9-6-7-4-2-3-5-8(7)10(9)12;;;;;/h3-8H,1-2H3;2-5,9H,6H2,1H3;3*1H4;;/q;;;;;+1;-1/b8-7+;;;;;;. The summed E-state index contributed by atoms with van der Waals surface area (Å²) in [6, 6.07) is 14.1. The van der Waals surface area contributed by atoms with Gasteiger partial charge < -0.3 is 15.6 Å². The van der Waals surface area contributed by atoms with E-state index in [0.717, 1.165) is 5.56 Å². The van der Waals surface area contributed by atoms with E-state index < -0.39 is 23.8 Å². The first-order valence-corrected chi connectivity index (χ1v) is 9.06. The molecular formula is C26H35NaO7. The van der Waals surface area contributed by atoms with E-state index in [1.807, 2.05) is 12.1 Å². The smallest absolute Gasteiger partial charge is 1.00 e. The van der Waals surface area contributed by atoms with E-state index in [1.165, 1.54) is 33.5 Å². The van der Waals surface area contributed by atoms with Gasteiger partial charge in [0.25, 0.3) is 0 Å². The van der Waals surface area contributed by atoms with Gasteiger partial charge in [-0.1, -0.05) is 64.7 Å². The van der Waals surface area contributed by atoms with Crippen LogP contribution in [0.15, 0.2) is 54.6 Å². The molecule has 0 aliphatic heterocycles. The maximum Gasteiger partial charge on any atom is 1.00 e. The number of Topliss-reactive ketones (excluding diaryl/α,β-unsaturated/α-hetero) is 1. The fraction of sp³-hybridized carbons (Fsp3) is 0.308. The molecule has 1 aliphatic carbocycles. The topological polar surface area (TPSA) is 96.0 Å². The molecule has 182 valence electrons. The molecule has 2 aromatic carbocycles. The van der Waals surface area contributed by atoms with Gasteiger partial charge in [0.15, 0.2) is 5.78 Å². The summed E-state index contributed by atoms with van der Waals surface area (Å²) in [5, 5.41) is 0. The summed E-state index contributed by atoms with van der Waals surface area (Å²) in [5.41, 5.74) is 2.61. The van der Waals surface area contributed by atoms with Crippen LogP contribution in [0.1, 0.15) is 55.5 Å². The summed E-state index contributed by atoms with van der Waals surface area (Å²) in [7, 11) is 3.90. The van der Waals surface area contributed by atoms with Gasteiger partial charge in [-0.3, -0.25) is 9.59 Å². The Balaban J connectivity index is -0.000000241. The first-order valence-electron chi connectivity index (χ1n) is 9.06. The quantitative estimate of drug-likeness (QED) is 0.216. The number of ether oxygens (including phenoxy) is 3. The fourth-order valence-electron chi connectivity index (χ4n) is 2.94. The number of carbonyl (C=O) groups is 4. The number of hydrogen-bond donors (Lipinski definition) is 0. The van der Waals surface area contributed by atoms with Crippen molar-refractivity contribution in [1.29, 1.82) is 0 Å². The molecule has 0 saturated carbocycles. The third-order valence-corrected chi connectivity index (χ3v) is 4.48. The molecule has 0 saturated heterocycles. The molecule has 2 aromatic rings. The molecular weight excluding hydrogens is 447 g/mol. The summed E-state index contributed by atoms with van der Waals surface area (Å²) >= 11 is 0. The predicted octanol–water partition coefficient (Wildman–Crippen LogP) is 1.90. The summed E-state index contributed by atoms with van der Waals surface area (Å²) in [6.45, 7) is 0. The predicted molar refractivity (Wildman–Crippen MR) is 130 cm³/mol. The molecule has 1 aliphatic rings. The Hall–Kier alpha value is -2.74. The minimum absolute atomic E-state index is 0. The number of methoxy groups -OCH3 is 3. The number of ketones is 1. The largest absolute Gasteiger partial charge is 1.00 e. The molecule has 8 heteroatoms. The zero-order valence-electron chi connectivity index (χ0n) is 18.9. The van der Waals surface area contributed by atoms with Crippen molar-refractivity contribution in [2.24, 2.45) is 5.92 Å². The van der Waals surface area contributed by atoms with Crippen LogP contribution >= 0.6 is 0 Å². The van der Waals surface area contributed by atoms with Crippen LogP contribution in [-0.2, 0) is 30.2 Å². The van der Waals surface area contributed by atoms with Crippen molar-refractivity contribution in [1.82, 2.24) is 0 Å². The Morgan fingerprint density at radius 3 is 2.03 bits per heavy atom. The normalized spacial score (nSPS) is 12.7. The van der Waals surface area contributed by atoms with Gasteiger partial charge in [0.2, 0.25) is 0 Å². The first kappa shape index (κ1) is 35.8. The van der Waals surface area contributed by atoms with Gasteiger partial charge in [0.1, 0.15) is 5.92 Å².